The third-order valence-electron chi connectivity index (χ3n) is 4.77. The average Bonchev–Trinajstić information content (AvgIpc) is 3.13. The summed E-state index contributed by atoms with van der Waals surface area (Å²) in [4.78, 5) is 6.00. The van der Waals surface area contributed by atoms with Gasteiger partial charge in [-0.25, -0.2) is 8.78 Å². The molecule has 1 unspecified atom stereocenters. The summed E-state index contributed by atoms with van der Waals surface area (Å²) in [5.74, 6) is -0.392. The second-order valence-corrected chi connectivity index (χ2v) is 6.82. The number of benzene rings is 2. The Morgan fingerprint density at radius 2 is 1.89 bits per heavy atom. The van der Waals surface area contributed by atoms with Crippen molar-refractivity contribution in [3.05, 3.63) is 65.2 Å². The third-order valence-corrected chi connectivity index (χ3v) is 4.77. The second-order valence-electron chi connectivity index (χ2n) is 6.82. The van der Waals surface area contributed by atoms with Crippen molar-refractivity contribution in [3.8, 4) is 0 Å². The summed E-state index contributed by atoms with van der Waals surface area (Å²) in [6.07, 6.45) is 0.776. The van der Waals surface area contributed by atoms with Crippen LogP contribution in [0.4, 0.5) is 14.5 Å². The molecule has 1 atom stereocenters. The zero-order chi connectivity index (χ0) is 19.9. The van der Waals surface area contributed by atoms with E-state index in [4.69, 9.17) is 4.74 Å². The van der Waals surface area contributed by atoms with E-state index in [0.717, 1.165) is 17.5 Å². The van der Waals surface area contributed by atoms with Crippen LogP contribution >= 0.6 is 0 Å². The van der Waals surface area contributed by atoms with E-state index >= 15 is 0 Å². The van der Waals surface area contributed by atoms with Crippen LogP contribution in [0, 0.1) is 11.6 Å². The highest BCUT2D eigenvalue weighted by Crippen LogP contribution is 2.26. The molecular weight excluding hydrogens is 362 g/mol. The summed E-state index contributed by atoms with van der Waals surface area (Å²) < 4.78 is 33.2. The van der Waals surface area contributed by atoms with Crippen molar-refractivity contribution in [2.24, 2.45) is 4.99 Å². The summed E-state index contributed by atoms with van der Waals surface area (Å²) in [5, 5.41) is 6.63. The summed E-state index contributed by atoms with van der Waals surface area (Å²) in [7, 11) is 3.38. The molecule has 0 aliphatic carbocycles. The standard InChI is InChI=1S/C21H26F2N4O/c1-24-21(25-12-15-5-3-6-16(11-15)14-28-2)26-17-9-10-27(13-17)20-18(22)7-4-8-19(20)23/h3-8,11,17H,9-10,12-14H2,1-2H3,(H2,24,25,26). The number of nitrogens with zero attached hydrogens (tertiary/aromatic N) is 2. The lowest BCUT2D eigenvalue weighted by atomic mass is 10.1. The number of methoxy groups -OCH3 is 1. The van der Waals surface area contributed by atoms with E-state index in [9.17, 15) is 8.78 Å². The highest BCUT2D eigenvalue weighted by atomic mass is 19.1. The first kappa shape index (κ1) is 20.1. The van der Waals surface area contributed by atoms with Gasteiger partial charge in [0.05, 0.1) is 6.61 Å². The molecule has 0 saturated carbocycles. The number of hydrogen-bond acceptors (Lipinski definition) is 3. The quantitative estimate of drug-likeness (QED) is 0.590. The molecule has 7 heteroatoms. The Bertz CT molecular complexity index is 808. The molecule has 0 spiro atoms. The number of aliphatic imine (C=N–C) groups is 1. The maximum Gasteiger partial charge on any atom is 0.191 e. The molecule has 28 heavy (non-hydrogen) atoms. The lowest BCUT2D eigenvalue weighted by Crippen LogP contribution is -2.44. The smallest absolute Gasteiger partial charge is 0.191 e. The van der Waals surface area contributed by atoms with E-state index in [1.54, 1.807) is 19.1 Å². The average molecular weight is 388 g/mol. The van der Waals surface area contributed by atoms with Gasteiger partial charge in [0.1, 0.15) is 17.3 Å². The summed E-state index contributed by atoms with van der Waals surface area (Å²) >= 11 is 0. The molecule has 2 aromatic rings. The minimum Gasteiger partial charge on any atom is -0.380 e. The zero-order valence-electron chi connectivity index (χ0n) is 16.2. The molecular formula is C21H26F2N4O. The van der Waals surface area contributed by atoms with Gasteiger partial charge >= 0.3 is 0 Å². The van der Waals surface area contributed by atoms with E-state index in [-0.39, 0.29) is 11.7 Å². The number of para-hydroxylation sites is 1. The molecule has 3 rings (SSSR count). The van der Waals surface area contributed by atoms with Crippen molar-refractivity contribution in [2.75, 3.05) is 32.1 Å². The van der Waals surface area contributed by atoms with Crippen LogP contribution in [0.15, 0.2) is 47.5 Å². The molecule has 0 radical (unpaired) electrons. The van der Waals surface area contributed by atoms with Gasteiger partial charge in [-0.1, -0.05) is 30.3 Å². The van der Waals surface area contributed by atoms with Gasteiger partial charge in [0.25, 0.3) is 0 Å². The number of hydrogen-bond donors (Lipinski definition) is 2. The van der Waals surface area contributed by atoms with Gasteiger partial charge in [-0.2, -0.15) is 0 Å². The third kappa shape index (κ3) is 4.98. The van der Waals surface area contributed by atoms with Crippen molar-refractivity contribution in [1.29, 1.82) is 0 Å². The monoisotopic (exact) mass is 388 g/mol. The minimum absolute atomic E-state index is 0.0460. The number of guanidine groups is 1. The van der Waals surface area contributed by atoms with Crippen LogP contribution in [-0.4, -0.2) is 39.2 Å². The zero-order valence-corrected chi connectivity index (χ0v) is 16.2. The van der Waals surface area contributed by atoms with Gasteiger partial charge in [-0.3, -0.25) is 4.99 Å². The Kier molecular flexibility index (Phi) is 6.81. The first-order valence-electron chi connectivity index (χ1n) is 9.33. The Morgan fingerprint density at radius 3 is 2.61 bits per heavy atom. The van der Waals surface area contributed by atoms with Crippen LogP contribution in [0.2, 0.25) is 0 Å². The number of rotatable bonds is 6. The molecule has 150 valence electrons. The fourth-order valence-electron chi connectivity index (χ4n) is 3.44. The molecule has 0 aromatic heterocycles. The van der Waals surface area contributed by atoms with Crippen molar-refractivity contribution < 1.29 is 13.5 Å². The maximum atomic E-state index is 14.0. The lowest BCUT2D eigenvalue weighted by molar-refractivity contribution is 0.185. The van der Waals surface area contributed by atoms with E-state index < -0.39 is 11.6 Å². The number of anilines is 1. The maximum absolute atomic E-state index is 14.0. The molecule has 1 aliphatic heterocycles. The van der Waals surface area contributed by atoms with E-state index in [1.807, 2.05) is 18.2 Å². The molecule has 0 bridgehead atoms. The van der Waals surface area contributed by atoms with Gasteiger partial charge in [0.15, 0.2) is 5.96 Å². The highest BCUT2D eigenvalue weighted by molar-refractivity contribution is 5.80. The van der Waals surface area contributed by atoms with Gasteiger partial charge in [0, 0.05) is 39.8 Å². The first-order valence-corrected chi connectivity index (χ1v) is 9.33. The fraction of sp³-hybridized carbons (Fsp3) is 0.381. The Balaban J connectivity index is 1.55. The van der Waals surface area contributed by atoms with Crippen LogP contribution in [0.1, 0.15) is 17.5 Å². The number of halogens is 2. The number of ether oxygens (including phenoxy) is 1. The number of nitrogens with one attached hydrogen (secondary N) is 2. The second kappa shape index (κ2) is 9.50. The van der Waals surface area contributed by atoms with Crippen molar-refractivity contribution in [3.63, 3.8) is 0 Å². The molecule has 0 amide bonds. The van der Waals surface area contributed by atoms with Gasteiger partial charge in [-0.15, -0.1) is 0 Å². The Hall–Kier alpha value is -2.67. The van der Waals surface area contributed by atoms with Crippen LogP contribution in [-0.2, 0) is 17.9 Å². The largest absolute Gasteiger partial charge is 0.380 e. The molecule has 1 heterocycles. The van der Waals surface area contributed by atoms with Crippen LogP contribution in [0.5, 0.6) is 0 Å². The first-order chi connectivity index (χ1) is 13.6. The van der Waals surface area contributed by atoms with Crippen molar-refractivity contribution in [2.45, 2.75) is 25.6 Å². The predicted molar refractivity (Wildman–Crippen MR) is 107 cm³/mol. The van der Waals surface area contributed by atoms with Crippen LogP contribution < -0.4 is 15.5 Å². The normalized spacial score (nSPS) is 17.1. The predicted octanol–water partition coefficient (Wildman–Crippen LogP) is 3.06. The van der Waals surface area contributed by atoms with Crippen molar-refractivity contribution in [1.82, 2.24) is 10.6 Å². The topological polar surface area (TPSA) is 48.9 Å². The van der Waals surface area contributed by atoms with Crippen LogP contribution in [0.25, 0.3) is 0 Å². The van der Waals surface area contributed by atoms with E-state index in [2.05, 4.69) is 21.7 Å². The summed E-state index contributed by atoms with van der Waals surface area (Å²) in [5.41, 5.74) is 2.28. The van der Waals surface area contributed by atoms with E-state index in [0.29, 0.717) is 32.2 Å². The molecule has 1 saturated heterocycles. The van der Waals surface area contributed by atoms with Gasteiger partial charge in [-0.05, 0) is 29.7 Å². The fourth-order valence-corrected chi connectivity index (χ4v) is 3.44. The van der Waals surface area contributed by atoms with Crippen molar-refractivity contribution >= 4 is 11.6 Å². The minimum atomic E-state index is -0.529. The highest BCUT2D eigenvalue weighted by Gasteiger charge is 2.27. The molecule has 1 aliphatic rings. The summed E-state index contributed by atoms with van der Waals surface area (Å²) in [6, 6.07) is 12.2. The van der Waals surface area contributed by atoms with Gasteiger partial charge < -0.3 is 20.3 Å². The molecule has 2 N–H and O–H groups in total. The molecule has 5 nitrogen and oxygen atoms in total. The van der Waals surface area contributed by atoms with E-state index in [1.165, 1.54) is 18.2 Å². The molecule has 1 fully saturated rings. The Morgan fingerprint density at radius 1 is 1.18 bits per heavy atom. The van der Waals surface area contributed by atoms with Gasteiger partial charge in [0.2, 0.25) is 0 Å². The molecule has 2 aromatic carbocycles. The lowest BCUT2D eigenvalue weighted by Gasteiger charge is -2.21. The van der Waals surface area contributed by atoms with Crippen LogP contribution in [0.3, 0.4) is 0 Å². The summed E-state index contributed by atoms with van der Waals surface area (Å²) in [6.45, 7) is 2.30. The SMILES string of the molecule is CN=C(NCc1cccc(COC)c1)NC1CCN(c2c(F)cccc2F)C1. The Labute approximate surface area is 164 Å².